The number of halogens is 4. The lowest BCUT2D eigenvalue weighted by Crippen LogP contribution is -2.51. The Balaban J connectivity index is 0.00000450. The Morgan fingerprint density at radius 1 is 1.30 bits per heavy atom. The third-order valence-corrected chi connectivity index (χ3v) is 6.07. The molecule has 174 valence electrons. The zero-order chi connectivity index (χ0) is 21.9. The highest BCUT2D eigenvalue weighted by atomic mass is 127. The van der Waals surface area contributed by atoms with Crippen LogP contribution in [0.3, 0.4) is 0 Å². The Bertz CT molecular complexity index is 813. The van der Waals surface area contributed by atoms with Crippen molar-refractivity contribution in [3.63, 3.8) is 0 Å². The number of oxazole rings is 1. The SMILES string of the molecule is CCNC(=NCc1ncc(C(C)(C)C)o1)NC1CCN(S(=O)(=O)C(F)(F)F)CC1.I. The number of alkyl halides is 3. The van der Waals surface area contributed by atoms with Crippen molar-refractivity contribution in [3.8, 4) is 0 Å². The lowest BCUT2D eigenvalue weighted by Gasteiger charge is -2.32. The van der Waals surface area contributed by atoms with Crippen molar-refractivity contribution in [1.82, 2.24) is 19.9 Å². The highest BCUT2D eigenvalue weighted by Gasteiger charge is 2.50. The number of aromatic nitrogens is 1. The fraction of sp³-hybridized carbons (Fsp3) is 0.765. The molecule has 0 aromatic carbocycles. The Hall–Kier alpha value is -1.09. The normalized spacial score (nSPS) is 17.5. The van der Waals surface area contributed by atoms with Gasteiger partial charge in [-0.3, -0.25) is 0 Å². The van der Waals surface area contributed by atoms with E-state index in [4.69, 9.17) is 4.42 Å². The van der Waals surface area contributed by atoms with E-state index in [0.717, 1.165) is 5.76 Å². The van der Waals surface area contributed by atoms with Crippen molar-refractivity contribution < 1.29 is 26.0 Å². The molecule has 1 fully saturated rings. The van der Waals surface area contributed by atoms with E-state index in [1.54, 1.807) is 6.20 Å². The quantitative estimate of drug-likeness (QED) is 0.323. The molecule has 1 aromatic heterocycles. The van der Waals surface area contributed by atoms with E-state index >= 15 is 0 Å². The van der Waals surface area contributed by atoms with Crippen LogP contribution in [0.4, 0.5) is 13.2 Å². The number of hydrogen-bond acceptors (Lipinski definition) is 5. The average Bonchev–Trinajstić information content (AvgIpc) is 3.09. The van der Waals surface area contributed by atoms with Crippen LogP contribution in [0, 0.1) is 0 Å². The summed E-state index contributed by atoms with van der Waals surface area (Å²) >= 11 is 0. The van der Waals surface area contributed by atoms with Crippen molar-refractivity contribution >= 4 is 40.0 Å². The highest BCUT2D eigenvalue weighted by molar-refractivity contribution is 14.0. The molecule has 0 radical (unpaired) electrons. The van der Waals surface area contributed by atoms with Gasteiger partial charge in [-0.2, -0.15) is 17.5 Å². The van der Waals surface area contributed by atoms with Crippen LogP contribution in [0.2, 0.25) is 0 Å². The topological polar surface area (TPSA) is 99.8 Å². The first-order valence-electron chi connectivity index (χ1n) is 9.41. The van der Waals surface area contributed by atoms with E-state index in [0.29, 0.717) is 22.7 Å². The van der Waals surface area contributed by atoms with Crippen LogP contribution < -0.4 is 10.6 Å². The minimum atomic E-state index is -5.28. The maximum atomic E-state index is 12.7. The molecule has 1 aliphatic rings. The Kier molecular flexibility index (Phi) is 9.41. The summed E-state index contributed by atoms with van der Waals surface area (Å²) in [7, 11) is -5.28. The van der Waals surface area contributed by atoms with E-state index in [2.05, 4.69) is 20.6 Å². The molecular weight excluding hydrogens is 538 g/mol. The number of nitrogens with one attached hydrogen (secondary N) is 2. The monoisotopic (exact) mass is 567 g/mol. The van der Waals surface area contributed by atoms with Crippen LogP contribution in [0.5, 0.6) is 0 Å². The summed E-state index contributed by atoms with van der Waals surface area (Å²) in [5, 5.41) is 6.20. The number of piperidine rings is 1. The Labute approximate surface area is 192 Å². The zero-order valence-corrected chi connectivity index (χ0v) is 20.6. The van der Waals surface area contributed by atoms with Crippen molar-refractivity contribution in [1.29, 1.82) is 0 Å². The van der Waals surface area contributed by atoms with Gasteiger partial charge in [-0.15, -0.1) is 24.0 Å². The molecule has 0 aliphatic carbocycles. The zero-order valence-electron chi connectivity index (χ0n) is 17.4. The minimum absolute atomic E-state index is 0. The van der Waals surface area contributed by atoms with E-state index in [-0.39, 0.29) is 67.9 Å². The van der Waals surface area contributed by atoms with Crippen LogP contribution in [-0.2, 0) is 22.0 Å². The van der Waals surface area contributed by atoms with E-state index < -0.39 is 15.5 Å². The Morgan fingerprint density at radius 2 is 1.90 bits per heavy atom. The van der Waals surface area contributed by atoms with Gasteiger partial charge in [0, 0.05) is 31.1 Å². The smallest absolute Gasteiger partial charge is 0.443 e. The minimum Gasteiger partial charge on any atom is -0.443 e. The van der Waals surface area contributed by atoms with Crippen LogP contribution >= 0.6 is 24.0 Å². The molecule has 2 N–H and O–H groups in total. The molecule has 1 aliphatic heterocycles. The molecule has 30 heavy (non-hydrogen) atoms. The van der Waals surface area contributed by atoms with Gasteiger partial charge in [-0.05, 0) is 19.8 Å². The van der Waals surface area contributed by atoms with Crippen LogP contribution in [0.25, 0.3) is 0 Å². The molecule has 13 heteroatoms. The number of aliphatic imine (C=N–C) groups is 1. The molecular formula is C17H29F3IN5O3S. The third kappa shape index (κ3) is 6.97. The van der Waals surface area contributed by atoms with Crippen molar-refractivity contribution in [3.05, 3.63) is 17.8 Å². The van der Waals surface area contributed by atoms with Crippen molar-refractivity contribution in [2.24, 2.45) is 4.99 Å². The molecule has 2 rings (SSSR count). The number of guanidine groups is 1. The van der Waals surface area contributed by atoms with Gasteiger partial charge in [0.15, 0.2) is 5.96 Å². The summed E-state index contributed by atoms with van der Waals surface area (Å²) < 4.78 is 67.2. The van der Waals surface area contributed by atoms with Crippen LogP contribution in [-0.4, -0.2) is 54.9 Å². The molecule has 1 saturated heterocycles. The highest BCUT2D eigenvalue weighted by Crippen LogP contribution is 2.29. The average molecular weight is 567 g/mol. The fourth-order valence-electron chi connectivity index (χ4n) is 2.78. The van der Waals surface area contributed by atoms with Crippen molar-refractivity contribution in [2.45, 2.75) is 64.0 Å². The third-order valence-electron chi connectivity index (χ3n) is 4.44. The molecule has 0 saturated carbocycles. The number of hydrogen-bond donors (Lipinski definition) is 2. The molecule has 0 unspecified atom stereocenters. The van der Waals surface area contributed by atoms with Crippen LogP contribution in [0.1, 0.15) is 52.2 Å². The standard InChI is InChI=1S/C17H28F3N5O3S.HI/c1-5-21-15(23-11-14-22-10-13(28-14)16(2,3)4)24-12-6-8-25(9-7-12)29(26,27)17(18,19)20;/h10,12H,5-9,11H2,1-4H3,(H2,21,23,24);1H. The number of sulfonamides is 1. The summed E-state index contributed by atoms with van der Waals surface area (Å²) in [5.41, 5.74) is -5.44. The van der Waals surface area contributed by atoms with Gasteiger partial charge >= 0.3 is 15.5 Å². The van der Waals surface area contributed by atoms with Crippen LogP contribution in [0.15, 0.2) is 15.6 Å². The predicted molar refractivity (Wildman–Crippen MR) is 118 cm³/mol. The molecule has 8 nitrogen and oxygen atoms in total. The molecule has 1 aromatic rings. The summed E-state index contributed by atoms with van der Waals surface area (Å²) in [6, 6.07) is -0.192. The fourth-order valence-corrected chi connectivity index (χ4v) is 3.76. The second kappa shape index (κ2) is 10.5. The summed E-state index contributed by atoms with van der Waals surface area (Å²) in [5.74, 6) is 1.68. The van der Waals surface area contributed by atoms with Gasteiger partial charge < -0.3 is 15.1 Å². The first-order valence-corrected chi connectivity index (χ1v) is 10.8. The summed E-state index contributed by atoms with van der Waals surface area (Å²) in [6.07, 6.45) is 2.15. The van der Waals surface area contributed by atoms with E-state index in [1.165, 1.54) is 0 Å². The largest absolute Gasteiger partial charge is 0.511 e. The van der Waals surface area contributed by atoms with Gasteiger partial charge in [0.2, 0.25) is 5.89 Å². The number of nitrogens with zero attached hydrogens (tertiary/aromatic N) is 3. The maximum Gasteiger partial charge on any atom is 0.511 e. The molecule has 0 amide bonds. The lowest BCUT2D eigenvalue weighted by molar-refractivity contribution is -0.0494. The lowest BCUT2D eigenvalue weighted by atomic mass is 9.94. The maximum absolute atomic E-state index is 12.7. The van der Waals surface area contributed by atoms with E-state index in [9.17, 15) is 21.6 Å². The molecule has 0 atom stereocenters. The molecule has 2 heterocycles. The summed E-state index contributed by atoms with van der Waals surface area (Å²) in [6.45, 7) is 8.31. The van der Waals surface area contributed by atoms with Gasteiger partial charge in [0.1, 0.15) is 12.3 Å². The first-order chi connectivity index (χ1) is 13.3. The Morgan fingerprint density at radius 3 is 2.37 bits per heavy atom. The van der Waals surface area contributed by atoms with Gasteiger partial charge in [0.25, 0.3) is 0 Å². The summed E-state index contributed by atoms with van der Waals surface area (Å²) in [4.78, 5) is 8.62. The number of rotatable bonds is 5. The second-order valence-corrected chi connectivity index (χ2v) is 9.76. The molecule has 0 bridgehead atoms. The molecule has 0 spiro atoms. The second-order valence-electron chi connectivity index (χ2n) is 7.83. The predicted octanol–water partition coefficient (Wildman–Crippen LogP) is 2.96. The van der Waals surface area contributed by atoms with E-state index in [1.807, 2.05) is 27.7 Å². The van der Waals surface area contributed by atoms with Gasteiger partial charge in [0.05, 0.1) is 6.20 Å². The van der Waals surface area contributed by atoms with Crippen molar-refractivity contribution in [2.75, 3.05) is 19.6 Å². The first kappa shape index (κ1) is 26.9. The van der Waals surface area contributed by atoms with Gasteiger partial charge in [-0.1, -0.05) is 20.8 Å². The van der Waals surface area contributed by atoms with Gasteiger partial charge in [-0.25, -0.2) is 18.4 Å².